The molecule has 1 aromatic carbocycles. The molecular formula is C13H21N3O. The van der Waals surface area contributed by atoms with E-state index in [9.17, 15) is 5.11 Å². The summed E-state index contributed by atoms with van der Waals surface area (Å²) < 4.78 is 0. The summed E-state index contributed by atoms with van der Waals surface area (Å²) in [6, 6.07) is 10.4. The summed E-state index contributed by atoms with van der Waals surface area (Å²) in [4.78, 5) is 0. The average molecular weight is 235 g/mol. The van der Waals surface area contributed by atoms with Crippen molar-refractivity contribution in [2.75, 3.05) is 31.3 Å². The summed E-state index contributed by atoms with van der Waals surface area (Å²) in [6.07, 6.45) is 2.22. The summed E-state index contributed by atoms with van der Waals surface area (Å²) in [6.45, 7) is 2.66. The van der Waals surface area contributed by atoms with Crippen molar-refractivity contribution in [1.29, 1.82) is 0 Å². The molecule has 0 amide bonds. The van der Waals surface area contributed by atoms with E-state index in [1.807, 2.05) is 18.2 Å². The maximum atomic E-state index is 9.19. The van der Waals surface area contributed by atoms with Crippen molar-refractivity contribution < 1.29 is 5.11 Å². The second-order valence-corrected chi connectivity index (χ2v) is 4.50. The number of hydrogen-bond acceptors (Lipinski definition) is 4. The van der Waals surface area contributed by atoms with Crippen molar-refractivity contribution in [3.8, 4) is 0 Å². The van der Waals surface area contributed by atoms with E-state index in [4.69, 9.17) is 5.73 Å². The van der Waals surface area contributed by atoms with Gasteiger partial charge in [-0.25, -0.2) is 5.01 Å². The Kier molecular flexibility index (Phi) is 4.36. The minimum absolute atomic E-state index is 0.153. The van der Waals surface area contributed by atoms with Crippen LogP contribution < -0.4 is 10.7 Å². The monoisotopic (exact) mass is 235 g/mol. The van der Waals surface area contributed by atoms with Crippen molar-refractivity contribution in [3.05, 3.63) is 30.3 Å². The third kappa shape index (κ3) is 3.19. The first-order valence-electron chi connectivity index (χ1n) is 6.25. The first-order valence-corrected chi connectivity index (χ1v) is 6.25. The van der Waals surface area contributed by atoms with Gasteiger partial charge in [-0.3, -0.25) is 0 Å². The van der Waals surface area contributed by atoms with Crippen molar-refractivity contribution >= 4 is 5.69 Å². The molecule has 0 spiro atoms. The zero-order valence-corrected chi connectivity index (χ0v) is 10.1. The molecule has 1 aromatic rings. The normalized spacial score (nSPS) is 21.4. The lowest BCUT2D eigenvalue weighted by Gasteiger charge is -2.40. The van der Waals surface area contributed by atoms with Gasteiger partial charge in [0.15, 0.2) is 0 Å². The summed E-state index contributed by atoms with van der Waals surface area (Å²) in [5.74, 6) is 0. The molecule has 94 valence electrons. The van der Waals surface area contributed by atoms with E-state index in [1.165, 1.54) is 0 Å². The van der Waals surface area contributed by atoms with Crippen molar-refractivity contribution in [3.63, 3.8) is 0 Å². The van der Waals surface area contributed by atoms with Gasteiger partial charge in [0.05, 0.1) is 18.8 Å². The fourth-order valence-electron chi connectivity index (χ4n) is 2.34. The molecule has 4 nitrogen and oxygen atoms in total. The molecule has 1 aliphatic heterocycles. The lowest BCUT2D eigenvalue weighted by Crippen LogP contribution is -2.52. The highest BCUT2D eigenvalue weighted by atomic mass is 16.3. The number of anilines is 1. The van der Waals surface area contributed by atoms with Crippen molar-refractivity contribution in [1.82, 2.24) is 5.01 Å². The molecule has 0 bridgehead atoms. The first-order chi connectivity index (χ1) is 8.31. The molecule has 0 saturated carbocycles. The standard InChI is InChI=1S/C13H21N3O/c14-12-5-4-8-15(11-12)16(9-10-17)13-6-2-1-3-7-13/h1-3,6-7,12,17H,4-5,8-11,14H2. The van der Waals surface area contributed by atoms with Gasteiger partial charge in [-0.05, 0) is 25.0 Å². The lowest BCUT2D eigenvalue weighted by molar-refractivity contribution is 0.174. The topological polar surface area (TPSA) is 52.7 Å². The molecule has 17 heavy (non-hydrogen) atoms. The van der Waals surface area contributed by atoms with Gasteiger partial charge >= 0.3 is 0 Å². The average Bonchev–Trinajstić information content (AvgIpc) is 2.37. The number of nitrogens with two attached hydrogens (primary N) is 1. The van der Waals surface area contributed by atoms with E-state index in [2.05, 4.69) is 22.2 Å². The second-order valence-electron chi connectivity index (χ2n) is 4.50. The van der Waals surface area contributed by atoms with Crippen LogP contribution in [0.5, 0.6) is 0 Å². The van der Waals surface area contributed by atoms with Gasteiger partial charge in [0, 0.05) is 19.1 Å². The van der Waals surface area contributed by atoms with Crippen LogP contribution >= 0.6 is 0 Å². The van der Waals surface area contributed by atoms with Gasteiger partial charge < -0.3 is 15.8 Å². The summed E-state index contributed by atoms with van der Waals surface area (Å²) in [7, 11) is 0. The summed E-state index contributed by atoms with van der Waals surface area (Å²) in [5.41, 5.74) is 7.13. The van der Waals surface area contributed by atoms with Gasteiger partial charge in [0.25, 0.3) is 0 Å². The SMILES string of the molecule is NC1CCCN(N(CCO)c2ccccc2)C1. The molecule has 4 heteroatoms. The number of piperidine rings is 1. The Morgan fingerprint density at radius 1 is 1.35 bits per heavy atom. The van der Waals surface area contributed by atoms with E-state index >= 15 is 0 Å². The summed E-state index contributed by atoms with van der Waals surface area (Å²) in [5, 5.41) is 13.6. The zero-order valence-electron chi connectivity index (χ0n) is 10.1. The van der Waals surface area contributed by atoms with Gasteiger partial charge in [0.1, 0.15) is 0 Å². The number of benzene rings is 1. The van der Waals surface area contributed by atoms with Gasteiger partial charge in [-0.2, -0.15) is 0 Å². The Morgan fingerprint density at radius 2 is 2.12 bits per heavy atom. The largest absolute Gasteiger partial charge is 0.394 e. The molecular weight excluding hydrogens is 214 g/mol. The molecule has 1 atom stereocenters. The fourth-order valence-corrected chi connectivity index (χ4v) is 2.34. The molecule has 2 rings (SSSR count). The van der Waals surface area contributed by atoms with Crippen molar-refractivity contribution in [2.24, 2.45) is 5.73 Å². The molecule has 1 fully saturated rings. The maximum Gasteiger partial charge on any atom is 0.0622 e. The number of rotatable bonds is 4. The van der Waals surface area contributed by atoms with Crippen LogP contribution in [0.4, 0.5) is 5.69 Å². The second kappa shape index (κ2) is 6.00. The van der Waals surface area contributed by atoms with Crippen LogP contribution in [0.3, 0.4) is 0 Å². The van der Waals surface area contributed by atoms with Crippen LogP contribution in [0.15, 0.2) is 30.3 Å². The van der Waals surface area contributed by atoms with Crippen LogP contribution in [0, 0.1) is 0 Å². The number of hydrazine groups is 1. The Morgan fingerprint density at radius 3 is 2.76 bits per heavy atom. The molecule has 0 radical (unpaired) electrons. The Labute approximate surface area is 103 Å². The smallest absolute Gasteiger partial charge is 0.0622 e. The molecule has 3 N–H and O–H groups in total. The van der Waals surface area contributed by atoms with E-state index in [-0.39, 0.29) is 12.6 Å². The van der Waals surface area contributed by atoms with Crippen LogP contribution in [0.25, 0.3) is 0 Å². The first kappa shape index (κ1) is 12.4. The predicted molar refractivity (Wildman–Crippen MR) is 69.7 cm³/mol. The zero-order chi connectivity index (χ0) is 12.1. The number of nitrogens with zero attached hydrogens (tertiary/aromatic N) is 2. The number of aliphatic hydroxyl groups is 1. The lowest BCUT2D eigenvalue weighted by atomic mass is 10.1. The number of hydrogen-bond donors (Lipinski definition) is 2. The van der Waals surface area contributed by atoms with E-state index in [1.54, 1.807) is 0 Å². The quantitative estimate of drug-likeness (QED) is 0.811. The minimum Gasteiger partial charge on any atom is -0.394 e. The fraction of sp³-hybridized carbons (Fsp3) is 0.538. The molecule has 1 aliphatic rings. The van der Waals surface area contributed by atoms with E-state index in [0.717, 1.165) is 31.6 Å². The predicted octanol–water partition coefficient (Wildman–Crippen LogP) is 0.823. The maximum absolute atomic E-state index is 9.19. The number of aliphatic hydroxyl groups excluding tert-OH is 1. The van der Waals surface area contributed by atoms with Gasteiger partial charge in [-0.15, -0.1) is 0 Å². The van der Waals surface area contributed by atoms with Crippen LogP contribution in [0.1, 0.15) is 12.8 Å². The molecule has 0 aliphatic carbocycles. The van der Waals surface area contributed by atoms with Crippen LogP contribution in [-0.2, 0) is 0 Å². The highest BCUT2D eigenvalue weighted by Crippen LogP contribution is 2.19. The third-order valence-electron chi connectivity index (χ3n) is 3.14. The van der Waals surface area contributed by atoms with E-state index < -0.39 is 0 Å². The molecule has 0 aromatic heterocycles. The van der Waals surface area contributed by atoms with Crippen LogP contribution in [-0.4, -0.2) is 42.4 Å². The van der Waals surface area contributed by atoms with E-state index in [0.29, 0.717) is 6.54 Å². The Balaban J connectivity index is 2.11. The van der Waals surface area contributed by atoms with Crippen molar-refractivity contribution in [2.45, 2.75) is 18.9 Å². The minimum atomic E-state index is 0.153. The number of para-hydroxylation sites is 1. The van der Waals surface area contributed by atoms with Gasteiger partial charge in [0.2, 0.25) is 0 Å². The Bertz CT molecular complexity index is 331. The van der Waals surface area contributed by atoms with Gasteiger partial charge in [-0.1, -0.05) is 18.2 Å². The Hall–Kier alpha value is -1.10. The molecule has 1 saturated heterocycles. The summed E-state index contributed by atoms with van der Waals surface area (Å²) >= 11 is 0. The highest BCUT2D eigenvalue weighted by Gasteiger charge is 2.22. The van der Waals surface area contributed by atoms with Crippen LogP contribution in [0.2, 0.25) is 0 Å². The molecule has 1 heterocycles. The third-order valence-corrected chi connectivity index (χ3v) is 3.14. The molecule has 1 unspecified atom stereocenters. The highest BCUT2D eigenvalue weighted by molar-refractivity contribution is 5.44.